The van der Waals surface area contributed by atoms with Gasteiger partial charge in [-0.1, -0.05) is 30.3 Å². The van der Waals surface area contributed by atoms with E-state index < -0.39 is 56.1 Å². The molecular formula is C25H30F2N2O6S. The smallest absolute Gasteiger partial charge is 0.246 e. The first kappa shape index (κ1) is 26.6. The van der Waals surface area contributed by atoms with Crippen LogP contribution in [0.25, 0.3) is 0 Å². The molecular weight excluding hydrogens is 494 g/mol. The van der Waals surface area contributed by atoms with Crippen molar-refractivity contribution in [3.8, 4) is 0 Å². The number of rotatable bonds is 9. The minimum absolute atomic E-state index is 0.0475. The fourth-order valence-corrected chi connectivity index (χ4v) is 7.03. The molecule has 4 rings (SSSR count). The summed E-state index contributed by atoms with van der Waals surface area (Å²) < 4.78 is 68.3. The summed E-state index contributed by atoms with van der Waals surface area (Å²) in [5.74, 6) is -2.03. The number of ether oxygens (including phenoxy) is 2. The van der Waals surface area contributed by atoms with Crippen LogP contribution in [0.2, 0.25) is 0 Å². The molecule has 196 valence electrons. The summed E-state index contributed by atoms with van der Waals surface area (Å²) in [7, 11) is -3.71. The fraction of sp³-hybridized carbons (Fsp3) is 0.480. The molecule has 2 aliphatic heterocycles. The van der Waals surface area contributed by atoms with E-state index in [9.17, 15) is 13.2 Å². The van der Waals surface area contributed by atoms with E-state index in [-0.39, 0.29) is 50.5 Å². The Morgan fingerprint density at radius 3 is 2.58 bits per heavy atom. The quantitative estimate of drug-likeness (QED) is 0.454. The maximum atomic E-state index is 15.3. The first-order valence-corrected chi connectivity index (χ1v) is 13.4. The first-order chi connectivity index (χ1) is 17.2. The van der Waals surface area contributed by atoms with Gasteiger partial charge in [0.25, 0.3) is 0 Å². The van der Waals surface area contributed by atoms with Gasteiger partial charge >= 0.3 is 0 Å². The number of nitrogens with one attached hydrogen (secondary N) is 2. The third-order valence-corrected chi connectivity index (χ3v) is 9.46. The van der Waals surface area contributed by atoms with E-state index in [1.54, 1.807) is 37.3 Å². The molecule has 2 fully saturated rings. The Balaban J connectivity index is 1.55. The summed E-state index contributed by atoms with van der Waals surface area (Å²) in [6.07, 6.45) is -0.198. The van der Waals surface area contributed by atoms with Crippen LogP contribution >= 0.6 is 0 Å². The molecule has 36 heavy (non-hydrogen) atoms. The zero-order chi connectivity index (χ0) is 25.9. The Hall–Kier alpha value is -2.44. The molecule has 0 spiro atoms. The van der Waals surface area contributed by atoms with Crippen LogP contribution in [0.4, 0.5) is 8.78 Å². The van der Waals surface area contributed by atoms with Crippen LogP contribution in [0.1, 0.15) is 28.9 Å². The van der Waals surface area contributed by atoms with Crippen molar-refractivity contribution < 1.29 is 36.6 Å². The number of aliphatic hydroxyl groups excluding tert-OH is 1. The van der Waals surface area contributed by atoms with Crippen molar-refractivity contribution in [1.82, 2.24) is 10.6 Å². The number of hydrogen-bond acceptors (Lipinski definition) is 7. The summed E-state index contributed by atoms with van der Waals surface area (Å²) in [5.41, 5.74) is -0.825. The Bertz CT molecular complexity index is 1190. The van der Waals surface area contributed by atoms with Crippen molar-refractivity contribution in [3.63, 3.8) is 0 Å². The molecule has 3 N–H and O–H groups in total. The number of hydrogen-bond donors (Lipinski definition) is 3. The minimum Gasteiger partial charge on any atom is -0.395 e. The van der Waals surface area contributed by atoms with Crippen LogP contribution in [0.3, 0.4) is 0 Å². The van der Waals surface area contributed by atoms with Gasteiger partial charge in [0.05, 0.1) is 30.3 Å². The van der Waals surface area contributed by atoms with Gasteiger partial charge in [0, 0.05) is 24.7 Å². The topological polar surface area (TPSA) is 114 Å². The van der Waals surface area contributed by atoms with Gasteiger partial charge in [0.2, 0.25) is 5.91 Å². The number of carbonyl (C=O) groups excluding carboxylic acids is 1. The lowest BCUT2D eigenvalue weighted by molar-refractivity contribution is -0.217. The molecule has 3 atom stereocenters. The Morgan fingerprint density at radius 2 is 1.94 bits per heavy atom. The molecule has 0 radical (unpaired) electrons. The second-order valence-corrected chi connectivity index (χ2v) is 11.6. The molecule has 1 unspecified atom stereocenters. The predicted octanol–water partition coefficient (Wildman–Crippen LogP) is 1.37. The molecule has 2 aliphatic rings. The van der Waals surface area contributed by atoms with Gasteiger partial charge in [0.15, 0.2) is 9.84 Å². The molecule has 0 saturated carbocycles. The van der Waals surface area contributed by atoms with Gasteiger partial charge in [-0.25, -0.2) is 17.2 Å². The number of sulfone groups is 1. The number of aliphatic hydroxyl groups is 1. The Labute approximate surface area is 208 Å². The summed E-state index contributed by atoms with van der Waals surface area (Å²) in [6.45, 7) is 1.23. The monoisotopic (exact) mass is 524 g/mol. The molecule has 2 heterocycles. The Morgan fingerprint density at radius 1 is 1.22 bits per heavy atom. The van der Waals surface area contributed by atoms with Crippen LogP contribution in [0.5, 0.6) is 0 Å². The van der Waals surface area contributed by atoms with E-state index in [4.69, 9.17) is 14.6 Å². The summed E-state index contributed by atoms with van der Waals surface area (Å²) in [6, 6.07) is 10.4. The normalized spacial score (nSPS) is 24.6. The molecule has 2 aromatic carbocycles. The highest BCUT2D eigenvalue weighted by atomic mass is 32.2. The predicted molar refractivity (Wildman–Crippen MR) is 128 cm³/mol. The van der Waals surface area contributed by atoms with Crippen LogP contribution in [-0.2, 0) is 36.1 Å². The second-order valence-electron chi connectivity index (χ2n) is 9.20. The zero-order valence-electron chi connectivity index (χ0n) is 19.9. The van der Waals surface area contributed by atoms with Crippen molar-refractivity contribution >= 4 is 15.7 Å². The first-order valence-electron chi connectivity index (χ1n) is 11.8. The largest absolute Gasteiger partial charge is 0.395 e. The standard InChI is InChI=1S/C25H30F2N2O6S/c1-16-22(36(32,33)23(12-29-16)17-5-3-2-4-6-17)10-18-9-21(27)19(11-20(18)26)25(14-34-15-25)35-13-24(31)28-7-8-30/h2-6,9,11,16,22-23,29-30H,7-8,10,12-15H2,1H3,(H,28,31)/t16-,22?,23-/m0/s1. The van der Waals surface area contributed by atoms with E-state index >= 15 is 8.78 Å². The average Bonchev–Trinajstić information content (AvgIpc) is 2.82. The zero-order valence-corrected chi connectivity index (χ0v) is 20.7. The van der Waals surface area contributed by atoms with Crippen LogP contribution in [0, 0.1) is 11.6 Å². The van der Waals surface area contributed by atoms with Gasteiger partial charge in [-0.2, -0.15) is 0 Å². The van der Waals surface area contributed by atoms with Gasteiger partial charge in [-0.05, 0) is 36.6 Å². The van der Waals surface area contributed by atoms with E-state index in [0.29, 0.717) is 5.56 Å². The molecule has 8 nitrogen and oxygen atoms in total. The lowest BCUT2D eigenvalue weighted by Crippen LogP contribution is -2.53. The fourth-order valence-electron chi connectivity index (χ4n) is 4.67. The number of amides is 1. The summed E-state index contributed by atoms with van der Waals surface area (Å²) in [4.78, 5) is 11.8. The van der Waals surface area contributed by atoms with Crippen molar-refractivity contribution in [2.24, 2.45) is 0 Å². The average molecular weight is 525 g/mol. The SMILES string of the molecule is C[C@@H]1NC[C@@H](c2ccccc2)S(=O)(=O)C1Cc1cc(F)c(C2(OCC(=O)NCCO)COC2)cc1F. The van der Waals surface area contributed by atoms with Crippen LogP contribution in [0.15, 0.2) is 42.5 Å². The van der Waals surface area contributed by atoms with Gasteiger partial charge in [0.1, 0.15) is 23.8 Å². The minimum atomic E-state index is -3.71. The second kappa shape index (κ2) is 10.9. The third kappa shape index (κ3) is 5.30. The molecule has 0 aliphatic carbocycles. The molecule has 11 heteroatoms. The molecule has 0 aromatic heterocycles. The van der Waals surface area contributed by atoms with Gasteiger partial charge in [-0.3, -0.25) is 4.79 Å². The number of benzene rings is 2. The lowest BCUT2D eigenvalue weighted by atomic mass is 9.89. The maximum Gasteiger partial charge on any atom is 0.246 e. The lowest BCUT2D eigenvalue weighted by Gasteiger charge is -2.41. The van der Waals surface area contributed by atoms with Gasteiger partial charge < -0.3 is 25.2 Å². The molecule has 2 aromatic rings. The van der Waals surface area contributed by atoms with Crippen LogP contribution < -0.4 is 10.6 Å². The maximum absolute atomic E-state index is 15.3. The van der Waals surface area contributed by atoms with Gasteiger partial charge in [-0.15, -0.1) is 0 Å². The summed E-state index contributed by atoms with van der Waals surface area (Å²) >= 11 is 0. The van der Waals surface area contributed by atoms with E-state index in [1.165, 1.54) is 0 Å². The molecule has 1 amide bonds. The number of halogens is 2. The van der Waals surface area contributed by atoms with E-state index in [0.717, 1.165) is 12.1 Å². The van der Waals surface area contributed by atoms with E-state index in [1.807, 2.05) is 0 Å². The van der Waals surface area contributed by atoms with Crippen molar-refractivity contribution in [1.29, 1.82) is 0 Å². The highest BCUT2D eigenvalue weighted by Crippen LogP contribution is 2.38. The molecule has 0 bridgehead atoms. The van der Waals surface area contributed by atoms with Crippen LogP contribution in [-0.4, -0.2) is 70.2 Å². The Kier molecular flexibility index (Phi) is 8.06. The molecule has 2 saturated heterocycles. The third-order valence-electron chi connectivity index (χ3n) is 6.80. The number of carbonyl (C=O) groups is 1. The van der Waals surface area contributed by atoms with Crippen molar-refractivity contribution in [2.45, 2.75) is 35.5 Å². The van der Waals surface area contributed by atoms with Crippen molar-refractivity contribution in [3.05, 3.63) is 70.8 Å². The highest BCUT2D eigenvalue weighted by molar-refractivity contribution is 7.92. The van der Waals surface area contributed by atoms with E-state index in [2.05, 4.69) is 10.6 Å². The highest BCUT2D eigenvalue weighted by Gasteiger charge is 2.46. The summed E-state index contributed by atoms with van der Waals surface area (Å²) in [5, 5.41) is 12.7. The van der Waals surface area contributed by atoms with Crippen molar-refractivity contribution in [2.75, 3.05) is 39.5 Å².